The van der Waals surface area contributed by atoms with Crippen molar-refractivity contribution in [2.75, 3.05) is 0 Å². The Bertz CT molecular complexity index is 844. The summed E-state index contributed by atoms with van der Waals surface area (Å²) in [5.41, 5.74) is 3.05. The average Bonchev–Trinajstić information content (AvgIpc) is 3.77. The van der Waals surface area contributed by atoms with Crippen LogP contribution in [-0.2, 0) is 5.41 Å². The second-order valence-electron chi connectivity index (χ2n) is 6.37. The van der Waals surface area contributed by atoms with Gasteiger partial charge in [-0.2, -0.15) is 0 Å². The normalized spacial score (nSPS) is 5.46. The van der Waals surface area contributed by atoms with Gasteiger partial charge in [-0.3, -0.25) is 0 Å². The molecule has 72 heteroatoms. The Morgan fingerprint density at radius 2 is 0.333 bits per heavy atom. The number of rotatable bonds is 0. The topological polar surface area (TPSA) is 0 Å². The van der Waals surface area contributed by atoms with Gasteiger partial charge in [-0.15, -0.1) is 0 Å². The van der Waals surface area contributed by atoms with Crippen LogP contribution in [0.5, 0.6) is 0 Å². The third-order valence-electron chi connectivity index (χ3n) is 4.00. The van der Waals surface area contributed by atoms with E-state index in [-0.39, 0.29) is 131 Å². The van der Waals surface area contributed by atoms with E-state index < -0.39 is 0 Å². The third-order valence-corrected chi connectivity index (χ3v) is 4.00. The molecule has 3 aromatic rings. The van der Waals surface area contributed by atoms with E-state index >= 15 is 0 Å². The number of hydrogen-bond acceptors (Lipinski definition) is 0. The van der Waals surface area contributed by atoms with Crippen LogP contribution in [-0.4, -0.2) is 2370 Å². The molecule has 0 nitrogen and oxygen atoms in total. The third kappa shape index (κ3) is 371. The molecule has 96 heavy (non-hydrogen) atoms. The molecule has 0 atom stereocenters. The first-order chi connectivity index (χ1) is 46.0. The van der Waals surface area contributed by atoms with Crippen molar-refractivity contribution >= 4 is 2390 Å². The molecule has 0 amide bonds. The van der Waals surface area contributed by atoms with E-state index in [1.54, 1.807) is 0 Å². The number of benzene rings is 3. The zero-order valence-corrected chi connectivity index (χ0v) is 443. The molecular weight excluding hydrogens is 6440 g/mol. The first-order valence-corrected chi connectivity index (χ1v) is 1230. The van der Waals surface area contributed by atoms with Gasteiger partial charge in [-0.25, -0.2) is 0 Å². The van der Waals surface area contributed by atoms with E-state index in [0.29, 0.717) is 0 Å². The van der Waals surface area contributed by atoms with Crippen LogP contribution < -0.4 is 116 Å². The van der Waals surface area contributed by atoms with Crippen LogP contribution in [0.3, 0.4) is 0 Å². The van der Waals surface area contributed by atoms with Gasteiger partial charge in [-0.1, -0.05) is 97.0 Å². The standard InChI is InChI=1S/C19H20.2C2H6.CH3.72Rb.H/c1-13-15-10-9-14-7-5-6-8-16(14)17(15)11-12-18(13)19(2,3)4;2*1-2;;;;;;;;;;;;;;;;;;;;;;;;;;;;;;;;;;;;;;;;;;;;;;;;;;;;;;;;;;;;;;;;;;;;;;;;;;/h5-12H,1-4H3;2*1-2H3;1H3;;;;;;;;;;;;;;;;;;;;;;;;;;;;;;;;;;;;;;;;;;;;;;;;;;;;;;;;;;;;;;;;;;;;;;;;;/q;;;-1;;;;;;;;;;;;;;;;;;;;;;;;;;;;;;;;;;;;;;;;;;;;;;;;;;;;;;;;;;;;;;;;;;;;;;;2*+1;-1. The van der Waals surface area contributed by atoms with Crippen molar-refractivity contribution in [1.29, 1.82) is 0 Å². The van der Waals surface area contributed by atoms with Gasteiger partial charge in [0.2, 0.25) is 0 Å². The van der Waals surface area contributed by atoms with Crippen LogP contribution in [0.1, 0.15) is 61.0 Å². The molecule has 0 N–H and O–H groups in total. The summed E-state index contributed by atoms with van der Waals surface area (Å²) in [6, 6.07) is 17.7. The Morgan fingerprint density at radius 3 is 0.479 bits per heavy atom. The van der Waals surface area contributed by atoms with E-state index in [4.69, 9.17) is 0 Å². The quantitative estimate of drug-likeness (QED) is 0.155. The zero-order chi connectivity index (χ0) is 87.6. The number of fused-ring (bicyclic) bond motifs is 3. The summed E-state index contributed by atoms with van der Waals surface area (Å²) in [7, 11) is 0. The van der Waals surface area contributed by atoms with Crippen LogP contribution >= 0.6 is 0 Å². The minimum atomic E-state index is 0. The Hall–Kier alpha value is 128. The molecule has 0 fully saturated rings. The monoisotopic (exact) mass is 6440 g/mol. The van der Waals surface area contributed by atoms with Gasteiger partial charge in [-0.05, 0) is 45.0 Å². The Labute approximate surface area is 2430 Å². The molecule has 0 saturated heterocycles. The summed E-state index contributed by atoms with van der Waals surface area (Å²) in [5.74, 6) is 0. The summed E-state index contributed by atoms with van der Waals surface area (Å²) < 4.78 is 0. The fourth-order valence-corrected chi connectivity index (χ4v) is 3.05. The van der Waals surface area contributed by atoms with E-state index in [1.165, 1.54) is 32.7 Å². The minimum absolute atomic E-state index is 0. The van der Waals surface area contributed by atoms with Crippen molar-refractivity contribution in [2.24, 2.45) is 0 Å². The number of hydrogen-bond donors (Lipinski definition) is 0. The molecule has 0 aliphatic carbocycles. The van der Waals surface area contributed by atoms with Crippen molar-refractivity contribution in [3.63, 3.8) is 0 Å². The van der Waals surface area contributed by atoms with Gasteiger partial charge >= 0.3 is 2490 Å². The Kier molecular flexibility index (Phi) is 1440. The summed E-state index contributed by atoms with van der Waals surface area (Å²) in [6.07, 6.45) is 0. The predicted molar refractivity (Wildman–Crippen MR) is 518 cm³/mol. The van der Waals surface area contributed by atoms with E-state index in [1.807, 2.05) is 27.7 Å². The molecule has 0 saturated carbocycles. The van der Waals surface area contributed by atoms with E-state index in [9.17, 15) is 0 Å². The van der Waals surface area contributed by atoms with Crippen LogP contribution in [0.15, 0.2) is 48.5 Å². The maximum absolute atomic E-state index is 2.30. The Morgan fingerprint density at radius 1 is 0.198 bits per heavy atom. The molecule has 3 rings (SSSR count). The Balaban J connectivity index is -0.0000000103. The fourth-order valence-electron chi connectivity index (χ4n) is 3.05. The van der Waals surface area contributed by atoms with E-state index in [0.717, 1.165) is 2370 Å². The second kappa shape index (κ2) is 429. The summed E-state index contributed by atoms with van der Waals surface area (Å²) in [5, 5.41) is 5.41. The predicted octanol–water partition coefficient (Wildman–Crippen LogP) is -24.4. The van der Waals surface area contributed by atoms with Gasteiger partial charge in [0, 0.05) is 0 Å². The van der Waals surface area contributed by atoms with Gasteiger partial charge < -0.3 is 8.85 Å². The van der Waals surface area contributed by atoms with Crippen molar-refractivity contribution in [3.05, 3.63) is 67.1 Å². The van der Waals surface area contributed by atoms with Crippen LogP contribution in [0.25, 0.3) is 21.5 Å². The van der Waals surface area contributed by atoms with Crippen molar-refractivity contribution in [1.82, 2.24) is 0 Å². The molecule has 0 aliphatic rings. The summed E-state index contributed by atoms with van der Waals surface area (Å²) in [4.78, 5) is 0. The van der Waals surface area contributed by atoms with Crippen molar-refractivity contribution in [3.8, 4) is 0 Å². The maximum atomic E-state index is 2.30. The van der Waals surface area contributed by atoms with Gasteiger partial charge in [0.15, 0.2) is 0 Å². The van der Waals surface area contributed by atoms with Crippen molar-refractivity contribution in [2.45, 2.75) is 60.8 Å². The molecule has 0 aliphatic heterocycles. The summed E-state index contributed by atoms with van der Waals surface area (Å²) >= 11 is 81.2. The molecule has 0 unspecified atom stereocenters. The molecule has 0 heterocycles. The SMILES string of the molecule is CC.CC.Cc1c(C(C)(C)C)ccc2c1ccc1ccccc12.[CH3-].[H-].[Rb+].[Rb+].[Rb][Rb].[Rb][Rb].[Rb][Rb].[Rb][Rb].[Rb][Rb].[Rb][Rb].[Rb][Rb].[Rb][Rb].[Rb][Rb].[Rb][Rb].[Rb][Rb].[Rb][Rb].[Rb][Rb].[Rb][Rb].[Rb][Rb].[Rb][Rb].[Rb][Rb].[Rb][Rb].[Rb][Rb].[Rb][Rb].[Rb][Rb].[Rb][Rb].[Rb][Rb].[Rb][Rb].[Rb][Rb].[Rb][Rb].[Rb][Rb].[Rb][Rb].[Rb][Rb].[Rb][Rb].[Rb][Rb].[Rb][Rb].[Rb][Rb].[Rb][Rb].[Rb][Rb]. The van der Waals surface area contributed by atoms with Crippen LogP contribution in [0.2, 0.25) is 0 Å². The van der Waals surface area contributed by atoms with Crippen molar-refractivity contribution < 1.29 is 118 Å². The first-order valence-electron chi connectivity index (χ1n) is 43.9. The first kappa shape index (κ1) is 322. The second-order valence-corrected chi connectivity index (χ2v) is 6.37. The number of aryl methyl sites for hydroxylation is 1. The average molecular weight is 6480 g/mol. The van der Waals surface area contributed by atoms with Crippen LogP contribution in [0.4, 0.5) is 0 Å². The van der Waals surface area contributed by atoms with Gasteiger partial charge in [0.25, 0.3) is 0 Å². The molecule has 204 valence electrons. The molecule has 0 bridgehead atoms. The molecule has 0 radical (unpaired) electrons. The molecule has 3 aromatic carbocycles. The fraction of sp³-hybridized carbons (Fsp3) is 0.375. The summed E-state index contributed by atoms with van der Waals surface area (Å²) in [6.45, 7) is 17.1. The van der Waals surface area contributed by atoms with Gasteiger partial charge in [0.1, 0.15) is 0 Å². The van der Waals surface area contributed by atoms with Crippen LogP contribution in [0, 0.1) is 14.4 Å². The molecular formula is C24H36Rb72. The molecule has 0 aromatic heterocycles. The van der Waals surface area contributed by atoms with E-state index in [2.05, 4.69) is 76.2 Å². The zero-order valence-electron chi connectivity index (χ0n) is 90.1. The molecule has 0 spiro atoms. The van der Waals surface area contributed by atoms with Gasteiger partial charge in [0.05, 0.1) is 0 Å².